The van der Waals surface area contributed by atoms with E-state index in [0.717, 1.165) is 0 Å². The topological polar surface area (TPSA) is 107 Å². The van der Waals surface area contributed by atoms with E-state index in [1.54, 1.807) is 0 Å². The lowest BCUT2D eigenvalue weighted by molar-refractivity contribution is 0.417. The Morgan fingerprint density at radius 1 is 1.36 bits per heavy atom. The lowest BCUT2D eigenvalue weighted by Crippen LogP contribution is -1.89. The molecule has 0 aromatic carbocycles. The van der Waals surface area contributed by atoms with Crippen molar-refractivity contribution < 1.29 is 4.52 Å². The molecule has 0 unspecified atom stereocenters. The van der Waals surface area contributed by atoms with Crippen molar-refractivity contribution in [2.45, 2.75) is 19.8 Å². The minimum atomic E-state index is 0.157. The fourth-order valence-corrected chi connectivity index (χ4v) is 0.936. The highest BCUT2D eigenvalue weighted by Gasteiger charge is 2.14. The molecule has 0 saturated carbocycles. The molecule has 0 aliphatic carbocycles. The smallest absolute Gasteiger partial charge is 0.295 e. The average Bonchev–Trinajstić information content (AvgIpc) is 2.70. The second-order valence-corrected chi connectivity index (χ2v) is 3.15. The Morgan fingerprint density at radius 3 is 2.64 bits per heavy atom. The van der Waals surface area contributed by atoms with E-state index in [1.807, 2.05) is 13.8 Å². The highest BCUT2D eigenvalue weighted by Crippen LogP contribution is 2.16. The van der Waals surface area contributed by atoms with E-state index in [9.17, 15) is 0 Å². The van der Waals surface area contributed by atoms with Crippen LogP contribution < -0.4 is 5.73 Å². The number of aromatic amines is 1. The molecule has 0 amide bonds. The van der Waals surface area contributed by atoms with Gasteiger partial charge in [0.1, 0.15) is 0 Å². The lowest BCUT2D eigenvalue weighted by atomic mass is 10.2. The predicted molar refractivity (Wildman–Crippen MR) is 48.2 cm³/mol. The molecule has 3 N–H and O–H groups in total. The number of nitrogens with zero attached hydrogens (tertiary/aromatic N) is 4. The number of hydrogen-bond acceptors (Lipinski definition) is 6. The van der Waals surface area contributed by atoms with Crippen LogP contribution in [0, 0.1) is 0 Å². The number of aromatic nitrogens is 5. The molecule has 0 aliphatic heterocycles. The maximum atomic E-state index is 5.34. The van der Waals surface area contributed by atoms with Crippen LogP contribution in [-0.2, 0) is 0 Å². The summed E-state index contributed by atoms with van der Waals surface area (Å²) in [7, 11) is 0. The number of hydrogen-bond donors (Lipinski definition) is 2. The average molecular weight is 194 g/mol. The van der Waals surface area contributed by atoms with E-state index in [4.69, 9.17) is 10.3 Å². The fourth-order valence-electron chi connectivity index (χ4n) is 0.936. The standard InChI is InChI=1S/C7H10N6O/c1-3(2)4-9-6(14-13-4)5-10-7(8)12-11-5/h3H,1-2H3,(H3,8,10,11,12). The monoisotopic (exact) mass is 194 g/mol. The van der Waals surface area contributed by atoms with Crippen molar-refractivity contribution in [1.82, 2.24) is 25.3 Å². The molecule has 0 bridgehead atoms. The molecular formula is C7H10N6O. The van der Waals surface area contributed by atoms with Crippen molar-refractivity contribution in [2.24, 2.45) is 0 Å². The van der Waals surface area contributed by atoms with Gasteiger partial charge >= 0.3 is 0 Å². The molecule has 0 fully saturated rings. The summed E-state index contributed by atoms with van der Waals surface area (Å²) in [5.41, 5.74) is 5.34. The minimum absolute atomic E-state index is 0.157. The van der Waals surface area contributed by atoms with Gasteiger partial charge in [0.25, 0.3) is 5.89 Å². The van der Waals surface area contributed by atoms with Crippen LogP contribution in [-0.4, -0.2) is 25.3 Å². The second-order valence-electron chi connectivity index (χ2n) is 3.15. The Labute approximate surface area is 79.7 Å². The Morgan fingerprint density at radius 2 is 2.14 bits per heavy atom. The van der Waals surface area contributed by atoms with Gasteiger partial charge in [-0.25, -0.2) is 0 Å². The Bertz CT molecular complexity index is 431. The first-order chi connectivity index (χ1) is 6.66. The van der Waals surface area contributed by atoms with Gasteiger partial charge in [-0.1, -0.05) is 19.0 Å². The molecule has 0 saturated heterocycles. The number of rotatable bonds is 2. The SMILES string of the molecule is CC(C)c1noc(-c2nc(N)n[nH]2)n1. The van der Waals surface area contributed by atoms with Crippen molar-refractivity contribution in [1.29, 1.82) is 0 Å². The summed E-state index contributed by atoms with van der Waals surface area (Å²) < 4.78 is 4.97. The van der Waals surface area contributed by atoms with E-state index < -0.39 is 0 Å². The van der Waals surface area contributed by atoms with Crippen LogP contribution in [0.2, 0.25) is 0 Å². The van der Waals surface area contributed by atoms with E-state index >= 15 is 0 Å². The number of anilines is 1. The van der Waals surface area contributed by atoms with Gasteiger partial charge < -0.3 is 10.3 Å². The first kappa shape index (κ1) is 8.67. The minimum Gasteiger partial charge on any atom is -0.366 e. The van der Waals surface area contributed by atoms with Gasteiger partial charge in [0.15, 0.2) is 5.82 Å². The van der Waals surface area contributed by atoms with Crippen LogP contribution in [0.1, 0.15) is 25.6 Å². The molecule has 0 radical (unpaired) electrons. The Hall–Kier alpha value is -1.92. The zero-order valence-electron chi connectivity index (χ0n) is 7.85. The Balaban J connectivity index is 2.33. The predicted octanol–water partition coefficient (Wildman–Crippen LogP) is 0.560. The summed E-state index contributed by atoms with van der Waals surface area (Å²) in [5.74, 6) is 1.70. The summed E-state index contributed by atoms with van der Waals surface area (Å²) in [4.78, 5) is 7.99. The third kappa shape index (κ3) is 1.43. The summed E-state index contributed by atoms with van der Waals surface area (Å²) in [6.45, 7) is 3.95. The summed E-state index contributed by atoms with van der Waals surface area (Å²) >= 11 is 0. The van der Waals surface area contributed by atoms with Gasteiger partial charge in [0, 0.05) is 5.92 Å². The van der Waals surface area contributed by atoms with Gasteiger partial charge in [-0.2, -0.15) is 9.97 Å². The zero-order chi connectivity index (χ0) is 10.1. The van der Waals surface area contributed by atoms with Gasteiger partial charge in [-0.3, -0.25) is 5.10 Å². The molecule has 7 heteroatoms. The van der Waals surface area contributed by atoms with Gasteiger partial charge in [-0.05, 0) is 0 Å². The molecule has 7 nitrogen and oxygen atoms in total. The molecular weight excluding hydrogens is 184 g/mol. The van der Waals surface area contributed by atoms with E-state index in [0.29, 0.717) is 17.5 Å². The molecule has 0 aliphatic rings. The third-order valence-electron chi connectivity index (χ3n) is 1.66. The van der Waals surface area contributed by atoms with Gasteiger partial charge in [-0.15, -0.1) is 5.10 Å². The normalized spacial score (nSPS) is 11.1. The molecule has 14 heavy (non-hydrogen) atoms. The van der Waals surface area contributed by atoms with Crippen LogP contribution in [0.5, 0.6) is 0 Å². The van der Waals surface area contributed by atoms with Gasteiger partial charge in [0.2, 0.25) is 11.8 Å². The lowest BCUT2D eigenvalue weighted by Gasteiger charge is -1.91. The zero-order valence-corrected chi connectivity index (χ0v) is 7.85. The quantitative estimate of drug-likeness (QED) is 0.723. The van der Waals surface area contributed by atoms with Crippen molar-refractivity contribution in [3.05, 3.63) is 5.82 Å². The highest BCUT2D eigenvalue weighted by molar-refractivity contribution is 5.41. The largest absolute Gasteiger partial charge is 0.366 e. The van der Waals surface area contributed by atoms with Crippen molar-refractivity contribution >= 4 is 5.95 Å². The van der Waals surface area contributed by atoms with Crippen LogP contribution in [0.15, 0.2) is 4.52 Å². The number of H-pyrrole nitrogens is 1. The van der Waals surface area contributed by atoms with Crippen LogP contribution in [0.25, 0.3) is 11.7 Å². The number of nitrogens with two attached hydrogens (primary N) is 1. The fraction of sp³-hybridized carbons (Fsp3) is 0.429. The maximum absolute atomic E-state index is 5.34. The Kier molecular flexibility index (Phi) is 1.91. The van der Waals surface area contributed by atoms with Crippen LogP contribution in [0.3, 0.4) is 0 Å². The molecule has 0 spiro atoms. The number of nitrogens with one attached hydrogen (secondary N) is 1. The molecule has 2 aromatic rings. The number of nitrogen functional groups attached to an aromatic ring is 1. The van der Waals surface area contributed by atoms with Crippen molar-refractivity contribution in [3.8, 4) is 11.7 Å². The molecule has 2 heterocycles. The molecule has 2 aromatic heterocycles. The molecule has 74 valence electrons. The molecule has 2 rings (SSSR count). The molecule has 0 atom stereocenters. The van der Waals surface area contributed by atoms with Crippen LogP contribution >= 0.6 is 0 Å². The second kappa shape index (κ2) is 3.09. The van der Waals surface area contributed by atoms with E-state index in [-0.39, 0.29) is 11.9 Å². The summed E-state index contributed by atoms with van der Waals surface area (Å²) in [5, 5.41) is 10.0. The maximum Gasteiger partial charge on any atom is 0.295 e. The highest BCUT2D eigenvalue weighted by atomic mass is 16.5. The third-order valence-corrected chi connectivity index (χ3v) is 1.66. The first-order valence-electron chi connectivity index (χ1n) is 4.18. The van der Waals surface area contributed by atoms with Crippen molar-refractivity contribution in [3.63, 3.8) is 0 Å². The van der Waals surface area contributed by atoms with Crippen LogP contribution in [0.4, 0.5) is 5.95 Å². The van der Waals surface area contributed by atoms with E-state index in [1.165, 1.54) is 0 Å². The summed E-state index contributed by atoms with van der Waals surface area (Å²) in [6.07, 6.45) is 0. The van der Waals surface area contributed by atoms with Gasteiger partial charge in [0.05, 0.1) is 0 Å². The summed E-state index contributed by atoms with van der Waals surface area (Å²) in [6, 6.07) is 0. The first-order valence-corrected chi connectivity index (χ1v) is 4.18. The van der Waals surface area contributed by atoms with Crippen molar-refractivity contribution in [2.75, 3.05) is 5.73 Å². The van der Waals surface area contributed by atoms with E-state index in [2.05, 4.69) is 25.3 Å².